The molecule has 3 aromatic heterocycles. The molecule has 1 fully saturated rings. The number of nitrogens with zero attached hydrogens (tertiary/aromatic N) is 5. The van der Waals surface area contributed by atoms with E-state index in [9.17, 15) is 4.79 Å². The lowest BCUT2D eigenvalue weighted by molar-refractivity contribution is 0.102. The number of carbonyl (C=O) groups is 1. The van der Waals surface area contributed by atoms with Crippen molar-refractivity contribution in [1.82, 2.24) is 29.9 Å². The summed E-state index contributed by atoms with van der Waals surface area (Å²) in [6.45, 7) is 6.19. The third-order valence-corrected chi connectivity index (χ3v) is 6.22. The van der Waals surface area contributed by atoms with Crippen molar-refractivity contribution in [3.05, 3.63) is 22.5 Å². The van der Waals surface area contributed by atoms with Gasteiger partial charge in [0.2, 0.25) is 5.95 Å². The van der Waals surface area contributed by atoms with Gasteiger partial charge in [0.15, 0.2) is 5.82 Å². The van der Waals surface area contributed by atoms with Gasteiger partial charge in [-0.1, -0.05) is 13.8 Å². The number of aryl methyl sites for hydroxylation is 2. The number of piperidine rings is 1. The predicted molar refractivity (Wildman–Crippen MR) is 114 cm³/mol. The second kappa shape index (κ2) is 8.18. The summed E-state index contributed by atoms with van der Waals surface area (Å²) in [5.74, 6) is 1.82. The molecule has 0 radical (unpaired) electrons. The van der Waals surface area contributed by atoms with Gasteiger partial charge in [0, 0.05) is 25.4 Å². The lowest BCUT2D eigenvalue weighted by Crippen LogP contribution is -2.27. The van der Waals surface area contributed by atoms with Crippen molar-refractivity contribution >= 4 is 45.8 Å². The Morgan fingerprint density at radius 2 is 1.96 bits per heavy atom. The van der Waals surface area contributed by atoms with E-state index in [4.69, 9.17) is 0 Å². The van der Waals surface area contributed by atoms with Gasteiger partial charge in [-0.3, -0.25) is 14.8 Å². The van der Waals surface area contributed by atoms with Crippen molar-refractivity contribution in [2.24, 2.45) is 14.1 Å². The number of hydrogen-bond donors (Lipinski definition) is 2. The van der Waals surface area contributed by atoms with Crippen molar-refractivity contribution in [3.8, 4) is 0 Å². The summed E-state index contributed by atoms with van der Waals surface area (Å²) in [7, 11) is 3.74. The van der Waals surface area contributed by atoms with Crippen LogP contribution in [-0.2, 0) is 14.1 Å². The number of hydrogen-bond acceptors (Lipinski definition) is 6. The Bertz CT molecular complexity index is 984. The van der Waals surface area contributed by atoms with E-state index in [0.29, 0.717) is 22.7 Å². The van der Waals surface area contributed by atoms with Crippen LogP contribution in [0, 0.1) is 0 Å². The third-order valence-electron chi connectivity index (χ3n) is 5.02. The van der Waals surface area contributed by atoms with Crippen LogP contribution in [0.25, 0.3) is 10.2 Å². The zero-order chi connectivity index (χ0) is 19.1. The average molecular weight is 424 g/mol. The van der Waals surface area contributed by atoms with Gasteiger partial charge in [0.05, 0.1) is 10.6 Å². The second-order valence-corrected chi connectivity index (χ2v) is 8.42. The van der Waals surface area contributed by atoms with Gasteiger partial charge in [-0.05, 0) is 37.9 Å². The molecule has 0 saturated carbocycles. The number of amides is 1. The minimum Gasteiger partial charge on any atom is -0.317 e. The smallest absolute Gasteiger partial charge is 0.268 e. The molecule has 0 spiro atoms. The number of anilines is 1. The molecule has 0 atom stereocenters. The first-order valence-electron chi connectivity index (χ1n) is 9.33. The van der Waals surface area contributed by atoms with Crippen LogP contribution in [0.15, 0.2) is 6.07 Å². The first-order chi connectivity index (χ1) is 12.9. The van der Waals surface area contributed by atoms with Gasteiger partial charge >= 0.3 is 0 Å². The highest BCUT2D eigenvalue weighted by Gasteiger charge is 2.23. The highest BCUT2D eigenvalue weighted by Crippen LogP contribution is 2.32. The summed E-state index contributed by atoms with van der Waals surface area (Å²) in [5.41, 5.74) is 1.02. The van der Waals surface area contributed by atoms with Crippen LogP contribution in [0.2, 0.25) is 0 Å². The van der Waals surface area contributed by atoms with Gasteiger partial charge in [-0.25, -0.2) is 4.68 Å². The summed E-state index contributed by atoms with van der Waals surface area (Å²) in [4.78, 5) is 19.0. The van der Waals surface area contributed by atoms with Crippen LogP contribution in [0.3, 0.4) is 0 Å². The van der Waals surface area contributed by atoms with Crippen LogP contribution >= 0.6 is 23.7 Å². The van der Waals surface area contributed by atoms with Gasteiger partial charge < -0.3 is 5.32 Å². The molecule has 28 heavy (non-hydrogen) atoms. The molecule has 0 aromatic carbocycles. The van der Waals surface area contributed by atoms with Crippen LogP contribution < -0.4 is 10.6 Å². The molecule has 3 aromatic rings. The largest absolute Gasteiger partial charge is 0.317 e. The Balaban J connectivity index is 0.00000225. The van der Waals surface area contributed by atoms with Crippen molar-refractivity contribution in [3.63, 3.8) is 0 Å². The topological polar surface area (TPSA) is 89.7 Å². The van der Waals surface area contributed by atoms with E-state index >= 15 is 0 Å². The highest BCUT2D eigenvalue weighted by molar-refractivity contribution is 7.20. The molecule has 0 aliphatic carbocycles. The molecule has 10 heteroatoms. The summed E-state index contributed by atoms with van der Waals surface area (Å²) >= 11 is 1.45. The number of rotatable bonds is 4. The van der Waals surface area contributed by atoms with Crippen LogP contribution in [0.5, 0.6) is 0 Å². The van der Waals surface area contributed by atoms with Crippen molar-refractivity contribution in [1.29, 1.82) is 0 Å². The van der Waals surface area contributed by atoms with Crippen LogP contribution in [0.1, 0.15) is 59.7 Å². The molecule has 1 saturated heterocycles. The number of carbonyl (C=O) groups excluding carboxylic acids is 1. The molecule has 8 nitrogen and oxygen atoms in total. The predicted octanol–water partition coefficient (Wildman–Crippen LogP) is 3.03. The lowest BCUT2D eigenvalue weighted by atomic mass is 9.98. The third kappa shape index (κ3) is 3.78. The Morgan fingerprint density at radius 1 is 1.25 bits per heavy atom. The van der Waals surface area contributed by atoms with Gasteiger partial charge in [-0.15, -0.1) is 23.7 Å². The average Bonchev–Trinajstić information content (AvgIpc) is 3.31. The number of halogens is 1. The van der Waals surface area contributed by atoms with Crippen LogP contribution in [-0.4, -0.2) is 43.5 Å². The van der Waals surface area contributed by atoms with E-state index in [2.05, 4.69) is 39.7 Å². The molecule has 4 rings (SSSR count). The van der Waals surface area contributed by atoms with E-state index < -0.39 is 0 Å². The fourth-order valence-electron chi connectivity index (χ4n) is 3.53. The fraction of sp³-hybridized carbons (Fsp3) is 0.556. The minimum atomic E-state index is -0.154. The summed E-state index contributed by atoms with van der Waals surface area (Å²) in [5, 5.41) is 16.4. The molecule has 0 unspecified atom stereocenters. The minimum absolute atomic E-state index is 0. The molecular formula is C18H26ClN7OS. The monoisotopic (exact) mass is 423 g/mol. The Morgan fingerprint density at radius 3 is 2.64 bits per heavy atom. The molecule has 0 bridgehead atoms. The highest BCUT2D eigenvalue weighted by atomic mass is 35.5. The Kier molecular flexibility index (Phi) is 6.07. The van der Waals surface area contributed by atoms with E-state index in [1.54, 1.807) is 4.68 Å². The van der Waals surface area contributed by atoms with Gasteiger partial charge in [-0.2, -0.15) is 15.2 Å². The Hall–Kier alpha value is -1.97. The maximum atomic E-state index is 12.8. The van der Waals surface area contributed by atoms with Crippen molar-refractivity contribution in [2.45, 2.75) is 38.5 Å². The van der Waals surface area contributed by atoms with E-state index in [1.165, 1.54) is 11.3 Å². The zero-order valence-electron chi connectivity index (χ0n) is 16.5. The Labute approximate surface area is 174 Å². The maximum Gasteiger partial charge on any atom is 0.268 e. The number of fused-ring (bicyclic) bond motifs is 1. The molecule has 152 valence electrons. The first-order valence-corrected chi connectivity index (χ1v) is 10.1. The SMILES string of the molecule is CC(C)c1nn(C)c2sc(C(=O)Nc3nc(C4CCNCC4)nn3C)cc12.Cl. The van der Waals surface area contributed by atoms with E-state index in [0.717, 1.165) is 47.7 Å². The van der Waals surface area contributed by atoms with Crippen molar-refractivity contribution in [2.75, 3.05) is 18.4 Å². The zero-order valence-corrected chi connectivity index (χ0v) is 18.2. The standard InChI is InChI=1S/C18H25N7OS.ClH/c1-10(2)14-12-9-13(27-17(12)24(3)22-14)16(26)21-18-20-15(23-25(18)4)11-5-7-19-8-6-11;/h9-11,19H,5-8H2,1-4H3,(H,20,21,23,26);1H. The molecule has 1 aliphatic rings. The number of thiophene rings is 1. The number of aromatic nitrogens is 5. The lowest BCUT2D eigenvalue weighted by Gasteiger charge is -2.19. The van der Waals surface area contributed by atoms with E-state index in [-0.39, 0.29) is 18.3 Å². The number of nitrogens with one attached hydrogen (secondary N) is 2. The van der Waals surface area contributed by atoms with Crippen molar-refractivity contribution < 1.29 is 4.79 Å². The second-order valence-electron chi connectivity index (χ2n) is 7.39. The van der Waals surface area contributed by atoms with Crippen LogP contribution in [0.4, 0.5) is 5.95 Å². The maximum absolute atomic E-state index is 12.8. The summed E-state index contributed by atoms with van der Waals surface area (Å²) < 4.78 is 3.51. The van der Waals surface area contributed by atoms with Gasteiger partial charge in [0.1, 0.15) is 4.83 Å². The first kappa shape index (κ1) is 20.8. The normalized spacial score (nSPS) is 15.2. The summed E-state index contributed by atoms with van der Waals surface area (Å²) in [6, 6.07) is 1.93. The summed E-state index contributed by atoms with van der Waals surface area (Å²) in [6.07, 6.45) is 2.05. The molecule has 2 N–H and O–H groups in total. The quantitative estimate of drug-likeness (QED) is 0.673. The molecule has 1 amide bonds. The van der Waals surface area contributed by atoms with Gasteiger partial charge in [0.25, 0.3) is 5.91 Å². The fourth-order valence-corrected chi connectivity index (χ4v) is 4.51. The van der Waals surface area contributed by atoms with E-state index in [1.807, 2.05) is 24.8 Å². The molecular weight excluding hydrogens is 398 g/mol. The molecule has 1 aliphatic heterocycles. The molecule has 4 heterocycles.